The molecule has 0 saturated heterocycles. The van der Waals surface area contributed by atoms with Crippen molar-refractivity contribution in [1.82, 2.24) is 0 Å². The Morgan fingerprint density at radius 1 is 1.41 bits per heavy atom. The zero-order chi connectivity index (χ0) is 12.8. The first-order valence-corrected chi connectivity index (χ1v) is 5.90. The minimum atomic E-state index is 0.196. The van der Waals surface area contributed by atoms with Crippen molar-refractivity contribution in [2.24, 2.45) is 17.4 Å². The summed E-state index contributed by atoms with van der Waals surface area (Å²) < 4.78 is 5.57. The van der Waals surface area contributed by atoms with Crippen LogP contribution in [-0.4, -0.2) is 12.6 Å². The molecule has 0 aliphatic rings. The van der Waals surface area contributed by atoms with Crippen LogP contribution in [0.4, 0.5) is 0 Å². The summed E-state index contributed by atoms with van der Waals surface area (Å²) >= 11 is 6.11. The Kier molecular flexibility index (Phi) is 5.10. The van der Waals surface area contributed by atoms with Crippen LogP contribution >= 0.6 is 11.6 Å². The molecule has 0 bridgehead atoms. The van der Waals surface area contributed by atoms with Gasteiger partial charge in [0.1, 0.15) is 5.75 Å². The number of guanidine groups is 1. The summed E-state index contributed by atoms with van der Waals surface area (Å²) in [6.07, 6.45) is 0. The van der Waals surface area contributed by atoms with Crippen LogP contribution in [0.15, 0.2) is 18.2 Å². The average Bonchev–Trinajstić information content (AvgIpc) is 2.24. The highest BCUT2D eigenvalue weighted by atomic mass is 35.5. The second kappa shape index (κ2) is 6.35. The van der Waals surface area contributed by atoms with Crippen LogP contribution in [0.25, 0.3) is 0 Å². The highest BCUT2D eigenvalue weighted by Crippen LogP contribution is 2.25. The third kappa shape index (κ3) is 4.95. The Labute approximate surface area is 107 Å². The number of benzene rings is 1. The van der Waals surface area contributed by atoms with Crippen molar-refractivity contribution in [3.8, 4) is 5.75 Å². The Morgan fingerprint density at radius 2 is 2.12 bits per heavy atom. The van der Waals surface area contributed by atoms with E-state index in [2.05, 4.69) is 18.8 Å². The van der Waals surface area contributed by atoms with Gasteiger partial charge in [0, 0.05) is 0 Å². The fraction of sp³-hybridized carbons (Fsp3) is 0.417. The lowest BCUT2D eigenvalue weighted by molar-refractivity contribution is -0.477. The molecule has 1 aromatic rings. The fourth-order valence-corrected chi connectivity index (χ4v) is 1.49. The van der Waals surface area contributed by atoms with Crippen LogP contribution < -0.4 is 21.2 Å². The van der Waals surface area contributed by atoms with Gasteiger partial charge in [-0.25, -0.2) is 0 Å². The third-order valence-corrected chi connectivity index (χ3v) is 2.36. The van der Waals surface area contributed by atoms with E-state index < -0.39 is 0 Å². The van der Waals surface area contributed by atoms with Crippen molar-refractivity contribution in [3.63, 3.8) is 0 Å². The smallest absolute Gasteiger partial charge is 0.339 e. The van der Waals surface area contributed by atoms with Gasteiger partial charge in [-0.3, -0.25) is 16.5 Å². The van der Waals surface area contributed by atoms with Gasteiger partial charge < -0.3 is 4.74 Å². The molecule has 17 heavy (non-hydrogen) atoms. The summed E-state index contributed by atoms with van der Waals surface area (Å²) in [5.74, 6) is 1.37. The lowest BCUT2D eigenvalue weighted by atomic mass is 10.2. The molecule has 0 unspecified atom stereocenters. The normalized spacial score (nSPS) is 10.4. The van der Waals surface area contributed by atoms with Crippen molar-refractivity contribution in [2.45, 2.75) is 20.4 Å². The predicted octanol–water partition coefficient (Wildman–Crippen LogP) is 0.229. The third-order valence-electron chi connectivity index (χ3n) is 2.07. The van der Waals surface area contributed by atoms with E-state index in [1.807, 2.05) is 18.2 Å². The van der Waals surface area contributed by atoms with Crippen molar-refractivity contribution in [2.75, 3.05) is 6.61 Å². The predicted molar refractivity (Wildman–Crippen MR) is 69.8 cm³/mol. The molecule has 0 amide bonds. The van der Waals surface area contributed by atoms with E-state index in [1.165, 1.54) is 0 Å². The second-order valence-electron chi connectivity index (χ2n) is 4.28. The molecule has 0 radical (unpaired) electrons. The molecule has 0 spiro atoms. The molecule has 1 aromatic carbocycles. The van der Waals surface area contributed by atoms with Crippen LogP contribution in [0, 0.1) is 5.92 Å². The zero-order valence-corrected chi connectivity index (χ0v) is 10.9. The number of nitrogens with two attached hydrogens (primary N) is 2. The number of halogens is 1. The number of ether oxygens (including phenoxy) is 1. The van der Waals surface area contributed by atoms with Gasteiger partial charge in [-0.15, -0.1) is 0 Å². The first-order valence-electron chi connectivity index (χ1n) is 5.52. The maximum absolute atomic E-state index is 6.11. The van der Waals surface area contributed by atoms with Crippen molar-refractivity contribution < 1.29 is 9.73 Å². The first-order chi connectivity index (χ1) is 7.99. The van der Waals surface area contributed by atoms with E-state index in [0.29, 0.717) is 29.8 Å². The Bertz CT molecular complexity index is 401. The first kappa shape index (κ1) is 13.6. The summed E-state index contributed by atoms with van der Waals surface area (Å²) in [6, 6.07) is 5.62. The van der Waals surface area contributed by atoms with Gasteiger partial charge in [0.15, 0.2) is 0 Å². The van der Waals surface area contributed by atoms with Crippen molar-refractivity contribution >= 4 is 17.6 Å². The van der Waals surface area contributed by atoms with Gasteiger partial charge in [-0.1, -0.05) is 31.5 Å². The molecular weight excluding hydrogens is 238 g/mol. The highest BCUT2D eigenvalue weighted by Gasteiger charge is 2.04. The van der Waals surface area contributed by atoms with Crippen LogP contribution in [0.5, 0.6) is 5.75 Å². The minimum absolute atomic E-state index is 0.196. The summed E-state index contributed by atoms with van der Waals surface area (Å²) in [4.78, 5) is 2.83. The van der Waals surface area contributed by atoms with E-state index in [0.717, 1.165) is 5.56 Å². The molecule has 1 rings (SSSR count). The number of nitrogens with one attached hydrogen (secondary N) is 1. The maximum atomic E-state index is 6.11. The quantitative estimate of drug-likeness (QED) is 0.522. The number of hydrogen-bond donors (Lipinski definition) is 3. The molecule has 0 fully saturated rings. The van der Waals surface area contributed by atoms with Gasteiger partial charge in [0.25, 0.3) is 0 Å². The van der Waals surface area contributed by atoms with Crippen LogP contribution in [0.2, 0.25) is 5.02 Å². The number of hydrogen-bond acceptors (Lipinski definition) is 1. The van der Waals surface area contributed by atoms with E-state index >= 15 is 0 Å². The van der Waals surface area contributed by atoms with Gasteiger partial charge in [0.2, 0.25) is 0 Å². The van der Waals surface area contributed by atoms with Crippen molar-refractivity contribution in [3.05, 3.63) is 28.8 Å². The van der Waals surface area contributed by atoms with Gasteiger partial charge in [-0.2, -0.15) is 0 Å². The largest absolute Gasteiger partial charge is 0.492 e. The topological polar surface area (TPSA) is 75.2 Å². The Morgan fingerprint density at radius 3 is 2.65 bits per heavy atom. The summed E-state index contributed by atoms with van der Waals surface area (Å²) in [5.41, 5.74) is 11.6. The fourth-order valence-electron chi connectivity index (χ4n) is 1.23. The second-order valence-corrected chi connectivity index (χ2v) is 4.69. The molecule has 5 heteroatoms. The molecular formula is C12H19ClN3O+. The lowest BCUT2D eigenvalue weighted by Gasteiger charge is -2.10. The van der Waals surface area contributed by atoms with Crippen LogP contribution in [0.1, 0.15) is 19.4 Å². The number of rotatable bonds is 5. The Balaban J connectivity index is 2.69. The van der Waals surface area contributed by atoms with Gasteiger partial charge in [-0.05, 0) is 23.6 Å². The summed E-state index contributed by atoms with van der Waals surface area (Å²) in [6.45, 7) is 5.38. The van der Waals surface area contributed by atoms with E-state index in [1.54, 1.807) is 0 Å². The van der Waals surface area contributed by atoms with E-state index in [9.17, 15) is 0 Å². The molecule has 0 aromatic heterocycles. The molecule has 0 heterocycles. The Hall–Kier alpha value is -1.42. The van der Waals surface area contributed by atoms with E-state index in [4.69, 9.17) is 27.8 Å². The van der Waals surface area contributed by atoms with Crippen LogP contribution in [0.3, 0.4) is 0 Å². The molecule has 0 atom stereocenters. The van der Waals surface area contributed by atoms with E-state index in [-0.39, 0.29) is 5.96 Å². The molecule has 0 saturated carbocycles. The highest BCUT2D eigenvalue weighted by molar-refractivity contribution is 6.32. The molecule has 4 nitrogen and oxygen atoms in total. The minimum Gasteiger partial charge on any atom is -0.492 e. The summed E-state index contributed by atoms with van der Waals surface area (Å²) in [7, 11) is 0. The van der Waals surface area contributed by atoms with Crippen molar-refractivity contribution in [1.29, 1.82) is 0 Å². The monoisotopic (exact) mass is 256 g/mol. The molecule has 94 valence electrons. The lowest BCUT2D eigenvalue weighted by Crippen LogP contribution is -2.76. The van der Waals surface area contributed by atoms with Gasteiger partial charge >= 0.3 is 5.96 Å². The molecule has 0 aliphatic carbocycles. The maximum Gasteiger partial charge on any atom is 0.339 e. The average molecular weight is 257 g/mol. The standard InChI is InChI=1S/C12H18ClN3O/c1-8(2)7-17-11-4-3-9(5-10(11)13)6-16-12(14)15/h3-5,8H,6-7H2,1-2H3,(H4,14,15,16)/p+1. The summed E-state index contributed by atoms with van der Waals surface area (Å²) in [5, 5.41) is 0.598. The SMILES string of the molecule is CC(C)COc1ccc(C[NH+]=C(N)N)cc1Cl. The zero-order valence-electron chi connectivity index (χ0n) is 10.2. The molecule has 0 aliphatic heterocycles. The van der Waals surface area contributed by atoms with Crippen LogP contribution in [-0.2, 0) is 6.54 Å². The molecule has 5 N–H and O–H groups in total. The van der Waals surface area contributed by atoms with Gasteiger partial charge in [0.05, 0.1) is 18.2 Å².